The van der Waals surface area contributed by atoms with Gasteiger partial charge in [0, 0.05) is 35.6 Å². The molecule has 0 radical (unpaired) electrons. The van der Waals surface area contributed by atoms with Crippen LogP contribution in [0.4, 0.5) is 18.9 Å². The fourth-order valence-corrected chi connectivity index (χ4v) is 5.06. The summed E-state index contributed by atoms with van der Waals surface area (Å²) in [6.07, 6.45) is -1.45. The van der Waals surface area contributed by atoms with Gasteiger partial charge in [-0.1, -0.05) is 29.8 Å². The van der Waals surface area contributed by atoms with E-state index >= 15 is 0 Å². The minimum atomic E-state index is -4.51. The number of nitrogens with zero attached hydrogens (tertiary/aromatic N) is 2. The van der Waals surface area contributed by atoms with E-state index in [2.05, 4.69) is 10.3 Å². The Bertz CT molecular complexity index is 1090. The summed E-state index contributed by atoms with van der Waals surface area (Å²) in [6, 6.07) is 9.79. The van der Waals surface area contributed by atoms with Crippen molar-refractivity contribution in [2.24, 2.45) is 0 Å². The molecule has 4 rings (SSSR count). The van der Waals surface area contributed by atoms with Gasteiger partial charge in [0.15, 0.2) is 0 Å². The van der Waals surface area contributed by atoms with Gasteiger partial charge in [0.25, 0.3) is 5.91 Å². The lowest BCUT2D eigenvalue weighted by Gasteiger charge is -2.36. The van der Waals surface area contributed by atoms with Crippen LogP contribution in [-0.4, -0.2) is 30.0 Å². The number of rotatable bonds is 4. The van der Waals surface area contributed by atoms with Crippen molar-refractivity contribution >= 4 is 45.4 Å². The van der Waals surface area contributed by atoms with E-state index in [0.717, 1.165) is 31.7 Å². The highest BCUT2D eigenvalue weighted by atomic mass is 35.5. The first-order valence-corrected chi connectivity index (χ1v) is 11.2. The highest BCUT2D eigenvalue weighted by molar-refractivity contribution is 7.12. The standard InChI is InChI=1S/C22H21ClF3N3OS/c1-29(18-11-20(22(24,25)26)28-17-5-3-2-4-16(17)18)15-8-6-14(7-9-15)27-21(30)19-10-13(23)12-31-19/h2-5,10-12,14-15H,6-9H2,1H3,(H,27,30). The van der Waals surface area contributed by atoms with Crippen LogP contribution in [0.2, 0.25) is 5.02 Å². The molecule has 0 spiro atoms. The summed E-state index contributed by atoms with van der Waals surface area (Å²) in [6.45, 7) is 0. The number of benzene rings is 1. The summed E-state index contributed by atoms with van der Waals surface area (Å²) in [5.41, 5.74) is -0.0306. The fraction of sp³-hybridized carbons (Fsp3) is 0.364. The zero-order valence-electron chi connectivity index (χ0n) is 16.7. The number of pyridine rings is 1. The van der Waals surface area contributed by atoms with E-state index in [1.165, 1.54) is 11.3 Å². The predicted molar refractivity (Wildman–Crippen MR) is 118 cm³/mol. The average Bonchev–Trinajstić information content (AvgIpc) is 3.19. The first-order chi connectivity index (χ1) is 14.7. The van der Waals surface area contributed by atoms with Crippen molar-refractivity contribution in [1.29, 1.82) is 0 Å². The van der Waals surface area contributed by atoms with Crippen LogP contribution < -0.4 is 10.2 Å². The molecule has 31 heavy (non-hydrogen) atoms. The van der Waals surface area contributed by atoms with Gasteiger partial charge in [0.1, 0.15) is 5.69 Å². The van der Waals surface area contributed by atoms with Crippen LogP contribution in [0.15, 0.2) is 41.8 Å². The first kappa shape index (κ1) is 21.9. The number of hydrogen-bond acceptors (Lipinski definition) is 4. The summed E-state index contributed by atoms with van der Waals surface area (Å²) in [5.74, 6) is -0.136. The quantitative estimate of drug-likeness (QED) is 0.501. The largest absolute Gasteiger partial charge is 0.433 e. The second-order valence-electron chi connectivity index (χ2n) is 7.76. The summed E-state index contributed by atoms with van der Waals surface area (Å²) < 4.78 is 40.2. The fourth-order valence-electron chi connectivity index (χ4n) is 4.09. The van der Waals surface area contributed by atoms with Gasteiger partial charge in [-0.2, -0.15) is 13.2 Å². The molecule has 2 heterocycles. The third kappa shape index (κ3) is 4.80. The second-order valence-corrected chi connectivity index (χ2v) is 9.11. The number of carbonyl (C=O) groups excluding carboxylic acids is 1. The lowest BCUT2D eigenvalue weighted by molar-refractivity contribution is -0.140. The van der Waals surface area contributed by atoms with E-state index in [4.69, 9.17) is 11.6 Å². The Balaban J connectivity index is 1.48. The summed E-state index contributed by atoms with van der Waals surface area (Å²) in [7, 11) is 1.83. The molecule has 2 aromatic heterocycles. The van der Waals surface area contributed by atoms with Gasteiger partial charge in [-0.25, -0.2) is 4.98 Å². The SMILES string of the molecule is CN(c1cc(C(F)(F)F)nc2ccccc12)C1CCC(NC(=O)c2cc(Cl)cs2)CC1. The Morgan fingerprint density at radius 1 is 1.19 bits per heavy atom. The van der Waals surface area contributed by atoms with Gasteiger partial charge in [-0.3, -0.25) is 4.79 Å². The highest BCUT2D eigenvalue weighted by Gasteiger charge is 2.34. The number of aromatic nitrogens is 1. The molecule has 1 saturated carbocycles. The van der Waals surface area contributed by atoms with E-state index in [1.807, 2.05) is 11.9 Å². The lowest BCUT2D eigenvalue weighted by Crippen LogP contribution is -2.42. The maximum Gasteiger partial charge on any atom is 0.433 e. The second kappa shape index (κ2) is 8.67. The minimum absolute atomic E-state index is 0.0398. The van der Waals surface area contributed by atoms with Gasteiger partial charge in [0.05, 0.1) is 15.4 Å². The molecule has 1 fully saturated rings. The van der Waals surface area contributed by atoms with Crippen LogP contribution in [0.3, 0.4) is 0 Å². The van der Waals surface area contributed by atoms with Crippen molar-refractivity contribution in [1.82, 2.24) is 10.3 Å². The number of hydrogen-bond donors (Lipinski definition) is 1. The van der Waals surface area contributed by atoms with Crippen LogP contribution in [0.25, 0.3) is 10.9 Å². The van der Waals surface area contributed by atoms with E-state index in [1.54, 1.807) is 35.7 Å². The predicted octanol–water partition coefficient (Wildman–Crippen LogP) is 6.15. The summed E-state index contributed by atoms with van der Waals surface area (Å²) in [4.78, 5) is 18.7. The van der Waals surface area contributed by atoms with Crippen molar-refractivity contribution < 1.29 is 18.0 Å². The number of nitrogens with one attached hydrogen (secondary N) is 1. The maximum atomic E-state index is 13.4. The molecular weight excluding hydrogens is 447 g/mol. The molecular formula is C22H21ClF3N3OS. The van der Waals surface area contributed by atoms with E-state index in [-0.39, 0.29) is 18.0 Å². The molecule has 1 aliphatic carbocycles. The van der Waals surface area contributed by atoms with Gasteiger partial charge in [-0.15, -0.1) is 11.3 Å². The molecule has 4 nitrogen and oxygen atoms in total. The third-order valence-electron chi connectivity index (χ3n) is 5.74. The van der Waals surface area contributed by atoms with E-state index in [0.29, 0.717) is 26.5 Å². The lowest BCUT2D eigenvalue weighted by atomic mass is 9.89. The average molecular weight is 468 g/mol. The van der Waals surface area contributed by atoms with Gasteiger partial charge in [0.2, 0.25) is 0 Å². The maximum absolute atomic E-state index is 13.4. The Morgan fingerprint density at radius 3 is 2.55 bits per heavy atom. The number of thiophene rings is 1. The molecule has 3 aromatic rings. The molecule has 0 aliphatic heterocycles. The molecule has 1 amide bonds. The molecule has 1 N–H and O–H groups in total. The smallest absolute Gasteiger partial charge is 0.371 e. The Kier molecular flexibility index (Phi) is 6.12. The van der Waals surface area contributed by atoms with Crippen molar-refractivity contribution in [3.63, 3.8) is 0 Å². The Hall–Kier alpha value is -2.32. The van der Waals surface area contributed by atoms with Crippen LogP contribution in [0.1, 0.15) is 41.0 Å². The van der Waals surface area contributed by atoms with Crippen LogP contribution in [0.5, 0.6) is 0 Å². The van der Waals surface area contributed by atoms with Crippen molar-refractivity contribution in [2.45, 2.75) is 43.9 Å². The number of alkyl halides is 3. The Labute approximate surface area is 187 Å². The molecule has 0 unspecified atom stereocenters. The number of halogens is 4. The number of anilines is 1. The zero-order chi connectivity index (χ0) is 22.2. The summed E-state index contributed by atoms with van der Waals surface area (Å²) in [5, 5.41) is 6.00. The molecule has 0 saturated heterocycles. The molecule has 164 valence electrons. The van der Waals surface area contributed by atoms with E-state index < -0.39 is 11.9 Å². The highest BCUT2D eigenvalue weighted by Crippen LogP contribution is 2.36. The Morgan fingerprint density at radius 2 is 1.90 bits per heavy atom. The molecule has 1 aromatic carbocycles. The normalized spacial score (nSPS) is 19.4. The van der Waals surface area contributed by atoms with Gasteiger partial charge in [-0.05, 0) is 43.9 Å². The van der Waals surface area contributed by atoms with E-state index in [9.17, 15) is 18.0 Å². The molecule has 1 aliphatic rings. The number of carbonyl (C=O) groups is 1. The first-order valence-electron chi connectivity index (χ1n) is 9.97. The molecule has 0 atom stereocenters. The topological polar surface area (TPSA) is 45.2 Å². The van der Waals surface area contributed by atoms with Crippen molar-refractivity contribution in [3.8, 4) is 0 Å². The van der Waals surface area contributed by atoms with Crippen LogP contribution >= 0.6 is 22.9 Å². The summed E-state index contributed by atoms with van der Waals surface area (Å²) >= 11 is 7.19. The zero-order valence-corrected chi connectivity index (χ0v) is 18.3. The minimum Gasteiger partial charge on any atom is -0.371 e. The molecule has 9 heteroatoms. The third-order valence-corrected chi connectivity index (χ3v) is 7.01. The van der Waals surface area contributed by atoms with Crippen LogP contribution in [0, 0.1) is 0 Å². The molecule has 0 bridgehead atoms. The number of amides is 1. The number of fused-ring (bicyclic) bond motifs is 1. The van der Waals surface area contributed by atoms with Gasteiger partial charge < -0.3 is 10.2 Å². The monoisotopic (exact) mass is 467 g/mol. The van der Waals surface area contributed by atoms with Gasteiger partial charge >= 0.3 is 6.18 Å². The number of para-hydroxylation sites is 1. The van der Waals surface area contributed by atoms with Crippen molar-refractivity contribution in [3.05, 3.63) is 57.4 Å². The van der Waals surface area contributed by atoms with Crippen LogP contribution in [-0.2, 0) is 6.18 Å². The van der Waals surface area contributed by atoms with Crippen molar-refractivity contribution in [2.75, 3.05) is 11.9 Å².